The SMILES string of the molecule is OC(CCl)CN1CCc2ccccc2CC1. The molecule has 1 unspecified atom stereocenters. The van der Waals surface area contributed by atoms with Gasteiger partial charge in [-0.1, -0.05) is 24.3 Å². The van der Waals surface area contributed by atoms with Crippen molar-refractivity contribution in [3.8, 4) is 0 Å². The number of aliphatic hydroxyl groups is 1. The Morgan fingerprint density at radius 3 is 2.25 bits per heavy atom. The molecule has 0 bridgehead atoms. The van der Waals surface area contributed by atoms with Crippen LogP contribution in [0.2, 0.25) is 0 Å². The lowest BCUT2D eigenvalue weighted by molar-refractivity contribution is 0.132. The van der Waals surface area contributed by atoms with Crippen molar-refractivity contribution in [2.24, 2.45) is 0 Å². The standard InChI is InChI=1S/C13H18ClNO/c14-9-13(16)10-15-7-5-11-3-1-2-4-12(11)6-8-15/h1-4,13,16H,5-10H2. The number of aliphatic hydroxyl groups excluding tert-OH is 1. The van der Waals surface area contributed by atoms with Gasteiger partial charge in [-0.05, 0) is 24.0 Å². The molecule has 1 heterocycles. The molecule has 0 amide bonds. The zero-order valence-electron chi connectivity index (χ0n) is 9.40. The van der Waals surface area contributed by atoms with E-state index in [-0.39, 0.29) is 0 Å². The van der Waals surface area contributed by atoms with E-state index in [4.69, 9.17) is 11.6 Å². The predicted molar refractivity (Wildman–Crippen MR) is 67.0 cm³/mol. The predicted octanol–water partition coefficient (Wildman–Crippen LogP) is 1.69. The van der Waals surface area contributed by atoms with Crippen LogP contribution >= 0.6 is 11.6 Å². The summed E-state index contributed by atoms with van der Waals surface area (Å²) in [5.41, 5.74) is 2.90. The minimum atomic E-state index is -0.400. The molecule has 0 fully saturated rings. The quantitative estimate of drug-likeness (QED) is 0.812. The van der Waals surface area contributed by atoms with E-state index in [1.807, 2.05) is 0 Å². The van der Waals surface area contributed by atoms with Gasteiger partial charge >= 0.3 is 0 Å². The Balaban J connectivity index is 1.97. The first kappa shape index (κ1) is 11.9. The van der Waals surface area contributed by atoms with Gasteiger partial charge in [0.15, 0.2) is 0 Å². The molecule has 0 radical (unpaired) electrons. The van der Waals surface area contributed by atoms with Gasteiger partial charge in [0.1, 0.15) is 0 Å². The van der Waals surface area contributed by atoms with Crippen molar-refractivity contribution in [2.75, 3.05) is 25.5 Å². The van der Waals surface area contributed by atoms with Crippen LogP contribution in [0.4, 0.5) is 0 Å². The maximum atomic E-state index is 9.55. The Kier molecular flexibility index (Phi) is 4.22. The zero-order chi connectivity index (χ0) is 11.4. The van der Waals surface area contributed by atoms with Crippen molar-refractivity contribution >= 4 is 11.6 Å². The molecule has 1 aromatic carbocycles. The van der Waals surface area contributed by atoms with E-state index in [0.29, 0.717) is 12.4 Å². The summed E-state index contributed by atoms with van der Waals surface area (Å²) in [7, 11) is 0. The lowest BCUT2D eigenvalue weighted by Crippen LogP contribution is -2.35. The van der Waals surface area contributed by atoms with Crippen LogP contribution in [0, 0.1) is 0 Å². The molecule has 0 aromatic heterocycles. The molecule has 0 saturated heterocycles. The summed E-state index contributed by atoms with van der Waals surface area (Å²) < 4.78 is 0. The first-order valence-electron chi connectivity index (χ1n) is 5.83. The van der Waals surface area contributed by atoms with Crippen LogP contribution < -0.4 is 0 Å². The molecule has 2 rings (SSSR count). The third-order valence-electron chi connectivity index (χ3n) is 3.16. The molecule has 2 nitrogen and oxygen atoms in total. The second-order valence-corrected chi connectivity index (χ2v) is 4.69. The van der Waals surface area contributed by atoms with Crippen LogP contribution in [0.15, 0.2) is 24.3 Å². The largest absolute Gasteiger partial charge is 0.391 e. The van der Waals surface area contributed by atoms with Crippen molar-refractivity contribution in [1.82, 2.24) is 4.90 Å². The van der Waals surface area contributed by atoms with Crippen molar-refractivity contribution in [3.05, 3.63) is 35.4 Å². The van der Waals surface area contributed by atoms with Crippen molar-refractivity contribution in [1.29, 1.82) is 0 Å². The Morgan fingerprint density at radius 2 is 1.75 bits per heavy atom. The molecule has 88 valence electrons. The lowest BCUT2D eigenvalue weighted by Gasteiger charge is -2.21. The lowest BCUT2D eigenvalue weighted by atomic mass is 10.0. The van der Waals surface area contributed by atoms with Crippen LogP contribution in [0.5, 0.6) is 0 Å². The Hall–Kier alpha value is -0.570. The van der Waals surface area contributed by atoms with Gasteiger partial charge in [-0.25, -0.2) is 0 Å². The number of alkyl halides is 1. The summed E-state index contributed by atoms with van der Waals surface area (Å²) in [6.07, 6.45) is 1.75. The minimum absolute atomic E-state index is 0.323. The van der Waals surface area contributed by atoms with Gasteiger partial charge in [0, 0.05) is 25.5 Å². The van der Waals surface area contributed by atoms with Crippen molar-refractivity contribution in [2.45, 2.75) is 18.9 Å². The molecule has 0 spiro atoms. The highest BCUT2D eigenvalue weighted by molar-refractivity contribution is 6.18. The Morgan fingerprint density at radius 1 is 1.19 bits per heavy atom. The average Bonchev–Trinajstić information content (AvgIpc) is 2.52. The molecule has 1 N–H and O–H groups in total. The average molecular weight is 240 g/mol. The van der Waals surface area contributed by atoms with E-state index in [0.717, 1.165) is 25.9 Å². The molecule has 1 aliphatic rings. The van der Waals surface area contributed by atoms with Gasteiger partial charge in [-0.15, -0.1) is 11.6 Å². The topological polar surface area (TPSA) is 23.5 Å². The monoisotopic (exact) mass is 239 g/mol. The first-order valence-corrected chi connectivity index (χ1v) is 6.36. The molecular formula is C13H18ClNO. The molecule has 1 atom stereocenters. The number of fused-ring (bicyclic) bond motifs is 1. The fraction of sp³-hybridized carbons (Fsp3) is 0.538. The first-order chi connectivity index (χ1) is 7.79. The number of rotatable bonds is 3. The van der Waals surface area contributed by atoms with E-state index in [1.165, 1.54) is 11.1 Å². The maximum Gasteiger partial charge on any atom is 0.0802 e. The van der Waals surface area contributed by atoms with Crippen molar-refractivity contribution < 1.29 is 5.11 Å². The molecule has 1 aromatic rings. The Bertz CT molecular complexity index is 315. The smallest absolute Gasteiger partial charge is 0.0802 e. The van der Waals surface area contributed by atoms with E-state index in [2.05, 4.69) is 29.2 Å². The third-order valence-corrected chi connectivity index (χ3v) is 3.52. The highest BCUT2D eigenvalue weighted by Gasteiger charge is 2.15. The summed E-state index contributed by atoms with van der Waals surface area (Å²) in [5.74, 6) is 0.323. The van der Waals surface area contributed by atoms with E-state index in [1.54, 1.807) is 0 Å². The number of halogens is 1. The van der Waals surface area contributed by atoms with Gasteiger partial charge in [0.2, 0.25) is 0 Å². The highest BCUT2D eigenvalue weighted by atomic mass is 35.5. The number of hydrogen-bond donors (Lipinski definition) is 1. The summed E-state index contributed by atoms with van der Waals surface area (Å²) in [4.78, 5) is 2.30. The Labute approximate surface area is 102 Å². The number of benzene rings is 1. The van der Waals surface area contributed by atoms with E-state index >= 15 is 0 Å². The second kappa shape index (κ2) is 5.67. The summed E-state index contributed by atoms with van der Waals surface area (Å²) in [6, 6.07) is 8.61. The van der Waals surface area contributed by atoms with Crippen LogP contribution in [0.1, 0.15) is 11.1 Å². The van der Waals surface area contributed by atoms with E-state index < -0.39 is 6.10 Å². The number of nitrogens with zero attached hydrogens (tertiary/aromatic N) is 1. The molecule has 0 aliphatic carbocycles. The van der Waals surface area contributed by atoms with Gasteiger partial charge in [-0.2, -0.15) is 0 Å². The molecule has 1 aliphatic heterocycles. The highest BCUT2D eigenvalue weighted by Crippen LogP contribution is 2.15. The minimum Gasteiger partial charge on any atom is -0.391 e. The number of β-amino-alcohol motifs (C(OH)–C–C–N with tert-alkyl or cyclic N) is 1. The molecule has 16 heavy (non-hydrogen) atoms. The van der Waals surface area contributed by atoms with E-state index in [9.17, 15) is 5.11 Å². The molecule has 3 heteroatoms. The maximum absolute atomic E-state index is 9.55. The number of hydrogen-bond acceptors (Lipinski definition) is 2. The van der Waals surface area contributed by atoms with Gasteiger partial charge < -0.3 is 10.0 Å². The van der Waals surface area contributed by atoms with Gasteiger partial charge in [0.05, 0.1) is 6.10 Å². The fourth-order valence-corrected chi connectivity index (χ4v) is 2.34. The van der Waals surface area contributed by atoms with Crippen LogP contribution in [-0.4, -0.2) is 41.6 Å². The fourth-order valence-electron chi connectivity index (χ4n) is 2.24. The van der Waals surface area contributed by atoms with Crippen molar-refractivity contribution in [3.63, 3.8) is 0 Å². The van der Waals surface area contributed by atoms with Crippen LogP contribution in [-0.2, 0) is 12.8 Å². The van der Waals surface area contributed by atoms with Gasteiger partial charge in [0.25, 0.3) is 0 Å². The molecule has 0 saturated carbocycles. The van der Waals surface area contributed by atoms with Gasteiger partial charge in [-0.3, -0.25) is 0 Å². The third kappa shape index (κ3) is 2.97. The van der Waals surface area contributed by atoms with Crippen LogP contribution in [0.3, 0.4) is 0 Å². The van der Waals surface area contributed by atoms with Crippen LogP contribution in [0.25, 0.3) is 0 Å². The second-order valence-electron chi connectivity index (χ2n) is 4.38. The summed E-state index contributed by atoms with van der Waals surface area (Å²) in [6.45, 7) is 2.73. The normalized spacial score (nSPS) is 18.9. The molecular weight excluding hydrogens is 222 g/mol. The summed E-state index contributed by atoms with van der Waals surface area (Å²) >= 11 is 5.62. The zero-order valence-corrected chi connectivity index (χ0v) is 10.2. The summed E-state index contributed by atoms with van der Waals surface area (Å²) in [5, 5.41) is 9.55.